The fraction of sp³-hybridized carbons (Fsp3) is 0.130. The monoisotopic (exact) mass is 388 g/mol. The zero-order valence-corrected chi connectivity index (χ0v) is 16.1. The van der Waals surface area contributed by atoms with Gasteiger partial charge in [0, 0.05) is 35.0 Å². The van der Waals surface area contributed by atoms with Crippen LogP contribution in [-0.2, 0) is 6.61 Å². The van der Waals surface area contributed by atoms with Crippen molar-refractivity contribution in [2.45, 2.75) is 6.61 Å². The van der Waals surface area contributed by atoms with Gasteiger partial charge >= 0.3 is 0 Å². The van der Waals surface area contributed by atoms with Crippen LogP contribution in [0, 0.1) is 11.3 Å². The van der Waals surface area contributed by atoms with Crippen molar-refractivity contribution in [3.05, 3.63) is 83.4 Å². The van der Waals surface area contributed by atoms with Gasteiger partial charge in [0.2, 0.25) is 0 Å². The van der Waals surface area contributed by atoms with Crippen molar-refractivity contribution >= 4 is 11.6 Å². The molecule has 0 aliphatic rings. The van der Waals surface area contributed by atoms with Gasteiger partial charge in [-0.25, -0.2) is 0 Å². The maximum Gasteiger partial charge on any atom is 0.255 e. The molecule has 0 bridgehead atoms. The lowest BCUT2D eigenvalue weighted by Crippen LogP contribution is -2.12. The van der Waals surface area contributed by atoms with E-state index in [0.29, 0.717) is 34.1 Å². The molecule has 3 aromatic carbocycles. The number of amides is 1. The minimum absolute atomic E-state index is 0.238. The number of hydrogen-bond acceptors (Lipinski definition) is 5. The molecule has 0 saturated carbocycles. The van der Waals surface area contributed by atoms with E-state index in [2.05, 4.69) is 11.4 Å². The highest BCUT2D eigenvalue weighted by Crippen LogP contribution is 2.26. The lowest BCUT2D eigenvalue weighted by atomic mass is 10.1. The summed E-state index contributed by atoms with van der Waals surface area (Å²) < 4.78 is 16.2. The SMILES string of the molecule is COc1cc(NC(=O)c2cccc(OCc3ccccc3C#N)c2)cc(OC)c1. The van der Waals surface area contributed by atoms with Crippen LogP contribution in [0.15, 0.2) is 66.7 Å². The van der Waals surface area contributed by atoms with E-state index in [-0.39, 0.29) is 12.5 Å². The average Bonchev–Trinajstić information content (AvgIpc) is 2.77. The Labute approximate surface area is 169 Å². The molecule has 0 unspecified atom stereocenters. The second-order valence-corrected chi connectivity index (χ2v) is 6.14. The number of hydrogen-bond donors (Lipinski definition) is 1. The Hall–Kier alpha value is -3.98. The molecule has 0 aliphatic heterocycles. The van der Waals surface area contributed by atoms with E-state index in [0.717, 1.165) is 5.56 Å². The molecular weight excluding hydrogens is 368 g/mol. The summed E-state index contributed by atoms with van der Waals surface area (Å²) in [6.07, 6.45) is 0. The fourth-order valence-electron chi connectivity index (χ4n) is 2.73. The Morgan fingerprint density at radius 1 is 0.931 bits per heavy atom. The van der Waals surface area contributed by atoms with Gasteiger partial charge < -0.3 is 19.5 Å². The standard InChI is InChI=1S/C23H20N2O4/c1-27-21-11-19(12-22(13-21)28-2)25-23(26)16-8-5-9-20(10-16)29-15-18-7-4-3-6-17(18)14-24/h3-13H,15H2,1-2H3,(H,25,26). The number of carbonyl (C=O) groups is 1. The van der Waals surface area contributed by atoms with Crippen LogP contribution in [-0.4, -0.2) is 20.1 Å². The van der Waals surface area contributed by atoms with Crippen molar-refractivity contribution in [1.29, 1.82) is 5.26 Å². The van der Waals surface area contributed by atoms with E-state index in [1.54, 1.807) is 68.8 Å². The first-order chi connectivity index (χ1) is 14.1. The van der Waals surface area contributed by atoms with Gasteiger partial charge in [0.05, 0.1) is 25.9 Å². The van der Waals surface area contributed by atoms with Crippen molar-refractivity contribution < 1.29 is 19.0 Å². The lowest BCUT2D eigenvalue weighted by molar-refractivity contribution is 0.102. The van der Waals surface area contributed by atoms with Gasteiger partial charge in [0.15, 0.2) is 0 Å². The Morgan fingerprint density at radius 3 is 2.34 bits per heavy atom. The topological polar surface area (TPSA) is 80.6 Å². The quantitative estimate of drug-likeness (QED) is 0.649. The molecule has 0 radical (unpaired) electrons. The summed E-state index contributed by atoms with van der Waals surface area (Å²) in [5, 5.41) is 12.0. The molecule has 6 heteroatoms. The first kappa shape index (κ1) is 19.8. The van der Waals surface area contributed by atoms with Crippen LogP contribution in [0.4, 0.5) is 5.69 Å². The summed E-state index contributed by atoms with van der Waals surface area (Å²) in [7, 11) is 3.09. The van der Waals surface area contributed by atoms with Gasteiger partial charge in [0.1, 0.15) is 23.9 Å². The number of anilines is 1. The smallest absolute Gasteiger partial charge is 0.255 e. The van der Waals surface area contributed by atoms with Crippen LogP contribution in [0.1, 0.15) is 21.5 Å². The molecule has 3 aromatic rings. The molecule has 1 amide bonds. The molecule has 29 heavy (non-hydrogen) atoms. The van der Waals surface area contributed by atoms with E-state index >= 15 is 0 Å². The van der Waals surface area contributed by atoms with Crippen LogP contribution in [0.5, 0.6) is 17.2 Å². The summed E-state index contributed by atoms with van der Waals surface area (Å²) in [5.74, 6) is 1.40. The number of nitrogens with zero attached hydrogens (tertiary/aromatic N) is 1. The molecule has 0 atom stereocenters. The van der Waals surface area contributed by atoms with Crippen LogP contribution < -0.4 is 19.5 Å². The molecular formula is C23H20N2O4. The van der Waals surface area contributed by atoms with E-state index < -0.39 is 0 Å². The average molecular weight is 388 g/mol. The third-order valence-electron chi connectivity index (χ3n) is 4.24. The molecule has 0 heterocycles. The fourth-order valence-corrected chi connectivity index (χ4v) is 2.73. The Morgan fingerprint density at radius 2 is 1.66 bits per heavy atom. The van der Waals surface area contributed by atoms with Gasteiger partial charge in [-0.3, -0.25) is 4.79 Å². The normalized spacial score (nSPS) is 9.97. The predicted molar refractivity (Wildman–Crippen MR) is 109 cm³/mol. The van der Waals surface area contributed by atoms with E-state index in [1.807, 2.05) is 12.1 Å². The number of nitrogens with one attached hydrogen (secondary N) is 1. The molecule has 0 saturated heterocycles. The summed E-state index contributed by atoms with van der Waals surface area (Å²) in [4.78, 5) is 12.6. The molecule has 3 rings (SSSR count). The van der Waals surface area contributed by atoms with Gasteiger partial charge in [-0.05, 0) is 24.3 Å². The van der Waals surface area contributed by atoms with Crippen molar-refractivity contribution in [2.24, 2.45) is 0 Å². The van der Waals surface area contributed by atoms with Crippen LogP contribution in [0.2, 0.25) is 0 Å². The van der Waals surface area contributed by atoms with Gasteiger partial charge in [-0.1, -0.05) is 24.3 Å². The zero-order valence-electron chi connectivity index (χ0n) is 16.1. The third-order valence-corrected chi connectivity index (χ3v) is 4.24. The van der Waals surface area contributed by atoms with E-state index in [9.17, 15) is 10.1 Å². The largest absolute Gasteiger partial charge is 0.497 e. The minimum Gasteiger partial charge on any atom is -0.497 e. The van der Waals surface area contributed by atoms with Crippen molar-refractivity contribution in [1.82, 2.24) is 0 Å². The maximum absolute atomic E-state index is 12.6. The summed E-state index contributed by atoms with van der Waals surface area (Å²) in [6.45, 7) is 0.238. The molecule has 0 spiro atoms. The second-order valence-electron chi connectivity index (χ2n) is 6.14. The van der Waals surface area contributed by atoms with Gasteiger partial charge in [-0.15, -0.1) is 0 Å². The van der Waals surface area contributed by atoms with E-state index in [4.69, 9.17) is 14.2 Å². The first-order valence-corrected chi connectivity index (χ1v) is 8.88. The Bertz CT molecular complexity index is 1030. The Balaban J connectivity index is 1.72. The highest BCUT2D eigenvalue weighted by Gasteiger charge is 2.10. The van der Waals surface area contributed by atoms with Crippen molar-refractivity contribution in [2.75, 3.05) is 19.5 Å². The number of nitriles is 1. The van der Waals surface area contributed by atoms with Crippen molar-refractivity contribution in [3.63, 3.8) is 0 Å². The van der Waals surface area contributed by atoms with Crippen molar-refractivity contribution in [3.8, 4) is 23.3 Å². The summed E-state index contributed by atoms with van der Waals surface area (Å²) >= 11 is 0. The van der Waals surface area contributed by atoms with E-state index in [1.165, 1.54) is 0 Å². The maximum atomic E-state index is 12.6. The number of ether oxygens (including phenoxy) is 3. The highest BCUT2D eigenvalue weighted by atomic mass is 16.5. The Kier molecular flexibility index (Phi) is 6.33. The predicted octanol–water partition coefficient (Wildman–Crippen LogP) is 4.41. The second kappa shape index (κ2) is 9.29. The summed E-state index contributed by atoms with van der Waals surface area (Å²) in [6, 6.07) is 21.4. The molecule has 0 fully saturated rings. The lowest BCUT2D eigenvalue weighted by Gasteiger charge is -2.11. The highest BCUT2D eigenvalue weighted by molar-refractivity contribution is 6.04. The number of methoxy groups -OCH3 is 2. The van der Waals surface area contributed by atoms with Crippen LogP contribution in [0.25, 0.3) is 0 Å². The first-order valence-electron chi connectivity index (χ1n) is 8.88. The third kappa shape index (κ3) is 5.05. The molecule has 146 valence electrons. The van der Waals surface area contributed by atoms with Gasteiger partial charge in [0.25, 0.3) is 5.91 Å². The molecule has 6 nitrogen and oxygen atoms in total. The van der Waals surface area contributed by atoms with Crippen LogP contribution in [0.3, 0.4) is 0 Å². The number of rotatable bonds is 7. The molecule has 1 N–H and O–H groups in total. The minimum atomic E-state index is -0.289. The summed E-state index contributed by atoms with van der Waals surface area (Å²) in [5.41, 5.74) is 2.35. The number of carbonyl (C=O) groups excluding carboxylic acids is 1. The van der Waals surface area contributed by atoms with Crippen LogP contribution >= 0.6 is 0 Å². The number of benzene rings is 3. The van der Waals surface area contributed by atoms with Gasteiger partial charge in [-0.2, -0.15) is 5.26 Å². The molecule has 0 aliphatic carbocycles. The zero-order chi connectivity index (χ0) is 20.6. The molecule has 0 aromatic heterocycles.